The van der Waals surface area contributed by atoms with E-state index in [1.54, 1.807) is 60.7 Å². The van der Waals surface area contributed by atoms with Gasteiger partial charge in [-0.1, -0.05) is 48.5 Å². The molecule has 16 heteroatoms. The Morgan fingerprint density at radius 3 is 1.98 bits per heavy atom. The van der Waals surface area contributed by atoms with Crippen molar-refractivity contribution in [1.29, 1.82) is 0 Å². The van der Waals surface area contributed by atoms with Gasteiger partial charge in [-0.15, -0.1) is 0 Å². The molecule has 1 heterocycles. The molecule has 0 unspecified atom stereocenters. The Hall–Kier alpha value is -5.28. The molecule has 0 radical (unpaired) electrons. The molecule has 0 bridgehead atoms. The van der Waals surface area contributed by atoms with Gasteiger partial charge in [0.2, 0.25) is 5.95 Å². The van der Waals surface area contributed by atoms with Crippen LogP contribution in [0.25, 0.3) is 0 Å². The summed E-state index contributed by atoms with van der Waals surface area (Å²) in [6.45, 7) is 0. The number of hydrogen-bond donors (Lipinski definition) is 1. The third-order valence-corrected chi connectivity index (χ3v) is 5.11. The molecular weight excluding hydrogens is 560 g/mol. The first-order valence-corrected chi connectivity index (χ1v) is 11.4. The van der Waals surface area contributed by atoms with E-state index in [0.29, 0.717) is 11.4 Å². The zero-order valence-corrected chi connectivity index (χ0v) is 20.4. The molecule has 0 aliphatic rings. The van der Waals surface area contributed by atoms with Gasteiger partial charge in [0.25, 0.3) is 17.7 Å². The summed E-state index contributed by atoms with van der Waals surface area (Å²) in [5, 5.41) is 14.8. The fourth-order valence-electron chi connectivity index (χ4n) is 3.39. The average molecular weight is 577 g/mol. The summed E-state index contributed by atoms with van der Waals surface area (Å²) in [6.07, 6.45) is -14.8. The number of nitrogens with zero attached hydrogens (tertiary/aromatic N) is 6. The Kier molecular flexibility index (Phi) is 8.30. The lowest BCUT2D eigenvalue weighted by Crippen LogP contribution is -2.47. The van der Waals surface area contributed by atoms with Crippen LogP contribution in [-0.2, 0) is 0 Å². The minimum Gasteiger partial charge on any atom is -0.440 e. The van der Waals surface area contributed by atoms with Crippen LogP contribution in [0.5, 0.6) is 6.01 Å². The van der Waals surface area contributed by atoms with E-state index in [4.69, 9.17) is 0 Å². The molecular formula is C25H17F6N7O3. The van der Waals surface area contributed by atoms with Crippen LogP contribution >= 0.6 is 0 Å². The SMILES string of the molecule is O=[N+]([O-])c1cccc(C=NNc2nc(OC(C(F)(F)F)C(F)(F)F)nc(N(c3ccccc3)c3ccccc3)n2)c1. The third kappa shape index (κ3) is 7.43. The molecule has 1 N–H and O–H groups in total. The summed E-state index contributed by atoms with van der Waals surface area (Å²) in [4.78, 5) is 23.1. The molecule has 0 aliphatic heterocycles. The molecule has 4 aromatic rings. The maximum absolute atomic E-state index is 13.3. The first-order chi connectivity index (χ1) is 19.4. The van der Waals surface area contributed by atoms with E-state index in [9.17, 15) is 36.5 Å². The number of ether oxygens (including phenoxy) is 1. The molecule has 212 valence electrons. The van der Waals surface area contributed by atoms with Crippen LogP contribution in [0.1, 0.15) is 5.56 Å². The number of nitro groups is 1. The Morgan fingerprint density at radius 1 is 0.854 bits per heavy atom. The van der Waals surface area contributed by atoms with Gasteiger partial charge in [-0.2, -0.15) is 46.4 Å². The number of benzene rings is 3. The molecule has 0 saturated carbocycles. The summed E-state index contributed by atoms with van der Waals surface area (Å²) in [6, 6.07) is 20.4. The predicted molar refractivity (Wildman–Crippen MR) is 135 cm³/mol. The minimum atomic E-state index is -5.84. The van der Waals surface area contributed by atoms with Gasteiger partial charge in [0.05, 0.1) is 11.1 Å². The normalized spacial score (nSPS) is 12.0. The number of non-ortho nitro benzene ring substituents is 1. The van der Waals surface area contributed by atoms with Crippen LogP contribution < -0.4 is 15.1 Å². The number of hydrazone groups is 1. The fraction of sp³-hybridized carbons (Fsp3) is 0.120. The van der Waals surface area contributed by atoms with Crippen molar-refractivity contribution in [3.05, 3.63) is 101 Å². The highest BCUT2D eigenvalue weighted by Crippen LogP contribution is 2.37. The summed E-state index contributed by atoms with van der Waals surface area (Å²) in [7, 11) is 0. The fourth-order valence-corrected chi connectivity index (χ4v) is 3.39. The highest BCUT2D eigenvalue weighted by Gasteiger charge is 2.59. The number of alkyl halides is 6. The quantitative estimate of drug-likeness (QED) is 0.103. The molecule has 0 fully saturated rings. The maximum Gasteiger partial charge on any atom is 0.434 e. The van der Waals surface area contributed by atoms with Crippen LogP contribution in [0.2, 0.25) is 0 Å². The Labute approximate surface area is 227 Å². The minimum absolute atomic E-state index is 0.237. The van der Waals surface area contributed by atoms with Crippen molar-refractivity contribution >= 4 is 35.2 Å². The predicted octanol–water partition coefficient (Wildman–Crippen LogP) is 6.57. The highest BCUT2D eigenvalue weighted by molar-refractivity contribution is 5.81. The lowest BCUT2D eigenvalue weighted by atomic mass is 10.2. The highest BCUT2D eigenvalue weighted by atomic mass is 19.4. The number of hydrogen-bond acceptors (Lipinski definition) is 9. The van der Waals surface area contributed by atoms with Crippen LogP contribution in [0.15, 0.2) is 90.0 Å². The smallest absolute Gasteiger partial charge is 0.434 e. The lowest BCUT2D eigenvalue weighted by Gasteiger charge is -2.25. The van der Waals surface area contributed by atoms with Crippen LogP contribution in [-0.4, -0.2) is 44.5 Å². The number of rotatable bonds is 9. The second kappa shape index (κ2) is 11.8. The van der Waals surface area contributed by atoms with Gasteiger partial charge in [0.1, 0.15) is 0 Å². The van der Waals surface area contributed by atoms with Crippen LogP contribution in [0.4, 0.5) is 55.3 Å². The molecule has 1 aromatic heterocycles. The summed E-state index contributed by atoms with van der Waals surface area (Å²) in [5.41, 5.74) is 3.13. The molecule has 4 rings (SSSR count). The van der Waals surface area contributed by atoms with E-state index in [2.05, 4.69) is 30.2 Å². The number of para-hydroxylation sites is 2. The van der Waals surface area contributed by atoms with Gasteiger partial charge in [0.15, 0.2) is 0 Å². The number of nitrogens with one attached hydrogen (secondary N) is 1. The van der Waals surface area contributed by atoms with Gasteiger partial charge in [-0.25, -0.2) is 5.43 Å². The van der Waals surface area contributed by atoms with Crippen LogP contribution in [0.3, 0.4) is 0 Å². The van der Waals surface area contributed by atoms with E-state index >= 15 is 0 Å². The van der Waals surface area contributed by atoms with Gasteiger partial charge in [0, 0.05) is 29.1 Å². The van der Waals surface area contributed by atoms with E-state index in [0.717, 1.165) is 6.21 Å². The van der Waals surface area contributed by atoms with E-state index in [1.807, 2.05) is 0 Å². The monoisotopic (exact) mass is 577 g/mol. The number of aromatic nitrogens is 3. The molecule has 41 heavy (non-hydrogen) atoms. The Bertz CT molecular complexity index is 1470. The van der Waals surface area contributed by atoms with Gasteiger partial charge in [-0.3, -0.25) is 15.0 Å². The van der Waals surface area contributed by atoms with E-state index in [1.165, 1.54) is 29.2 Å². The topological polar surface area (TPSA) is 119 Å². The van der Waals surface area contributed by atoms with Crippen molar-refractivity contribution in [2.24, 2.45) is 5.10 Å². The van der Waals surface area contributed by atoms with Gasteiger partial charge >= 0.3 is 18.4 Å². The first-order valence-electron chi connectivity index (χ1n) is 11.4. The van der Waals surface area contributed by atoms with Gasteiger partial charge in [-0.05, 0) is 24.3 Å². The number of halogens is 6. The molecule has 10 nitrogen and oxygen atoms in total. The molecule has 0 amide bonds. The molecule has 0 atom stereocenters. The van der Waals surface area contributed by atoms with Crippen molar-refractivity contribution < 1.29 is 36.0 Å². The van der Waals surface area contributed by atoms with Crippen molar-refractivity contribution in [2.75, 3.05) is 10.3 Å². The summed E-state index contributed by atoms with van der Waals surface area (Å²) >= 11 is 0. The van der Waals surface area contributed by atoms with Crippen molar-refractivity contribution in [3.8, 4) is 6.01 Å². The zero-order chi connectivity index (χ0) is 29.6. The molecule has 0 saturated heterocycles. The van der Waals surface area contributed by atoms with E-state index in [-0.39, 0.29) is 11.3 Å². The van der Waals surface area contributed by atoms with Crippen LogP contribution in [0, 0.1) is 10.1 Å². The molecule has 3 aromatic carbocycles. The average Bonchev–Trinajstić information content (AvgIpc) is 2.92. The van der Waals surface area contributed by atoms with Gasteiger partial charge < -0.3 is 4.74 Å². The Balaban J connectivity index is 1.78. The Morgan fingerprint density at radius 2 is 1.44 bits per heavy atom. The summed E-state index contributed by atoms with van der Waals surface area (Å²) < 4.78 is 83.8. The maximum atomic E-state index is 13.3. The van der Waals surface area contributed by atoms with Crippen molar-refractivity contribution in [2.45, 2.75) is 18.5 Å². The third-order valence-electron chi connectivity index (χ3n) is 5.11. The first kappa shape index (κ1) is 28.7. The second-order valence-electron chi connectivity index (χ2n) is 8.05. The van der Waals surface area contributed by atoms with E-state index < -0.39 is 41.3 Å². The largest absolute Gasteiger partial charge is 0.440 e. The lowest BCUT2D eigenvalue weighted by molar-refractivity contribution is -0.384. The standard InChI is InChI=1S/C25H17F6N7O3/c26-24(27,28)20(25(29,30)31)41-23-34-21(36-32-15-16-8-7-13-19(14-16)38(39)40)33-22(35-23)37(17-9-3-1-4-10-17)18-11-5-2-6-12-18/h1-15,20H,(H,33,34,35,36). The second-order valence-corrected chi connectivity index (χ2v) is 8.05. The number of anilines is 4. The zero-order valence-electron chi connectivity index (χ0n) is 20.4. The van der Waals surface area contributed by atoms with Crippen molar-refractivity contribution in [3.63, 3.8) is 0 Å². The summed E-state index contributed by atoms with van der Waals surface area (Å²) in [5.74, 6) is -0.977. The van der Waals surface area contributed by atoms with Crippen molar-refractivity contribution in [1.82, 2.24) is 15.0 Å². The molecule has 0 aliphatic carbocycles. The molecule has 0 spiro atoms. The number of nitro benzene ring substituents is 1.